The number of hydrogen-bond donors (Lipinski definition) is 1. The average Bonchev–Trinajstić information content (AvgIpc) is 2.56. The minimum atomic E-state index is 0.284. The molecule has 0 atom stereocenters. The third kappa shape index (κ3) is 1.74. The quantitative estimate of drug-likeness (QED) is 0.832. The van der Waals surface area contributed by atoms with Crippen molar-refractivity contribution in [3.05, 3.63) is 34.5 Å². The first-order valence-electron chi connectivity index (χ1n) is 5.76. The van der Waals surface area contributed by atoms with E-state index in [1.165, 1.54) is 5.56 Å². The van der Waals surface area contributed by atoms with Gasteiger partial charge in [-0.1, -0.05) is 17.7 Å². The molecule has 4 heteroatoms. The maximum absolute atomic E-state index is 8.98. The number of nitriles is 1. The molecule has 1 aromatic heterocycles. The van der Waals surface area contributed by atoms with E-state index >= 15 is 0 Å². The summed E-state index contributed by atoms with van der Waals surface area (Å²) in [6.07, 6.45) is 0. The van der Waals surface area contributed by atoms with Crippen LogP contribution in [0.2, 0.25) is 0 Å². The summed E-state index contributed by atoms with van der Waals surface area (Å²) in [5.41, 5.74) is 10.7. The van der Waals surface area contributed by atoms with Gasteiger partial charge in [0.05, 0.1) is 0 Å². The normalized spacial score (nSPS) is 10.4. The van der Waals surface area contributed by atoms with Crippen molar-refractivity contribution in [3.63, 3.8) is 0 Å². The molecule has 2 N–H and O–H groups in total. The van der Waals surface area contributed by atoms with Crippen LogP contribution in [0.5, 0.6) is 0 Å². The van der Waals surface area contributed by atoms with Gasteiger partial charge in [-0.2, -0.15) is 5.26 Å². The Morgan fingerprint density at radius 1 is 1.22 bits per heavy atom. The summed E-state index contributed by atoms with van der Waals surface area (Å²) in [7, 11) is 1.83. The molecule has 2 aromatic rings. The van der Waals surface area contributed by atoms with E-state index in [9.17, 15) is 0 Å². The van der Waals surface area contributed by atoms with Gasteiger partial charge in [-0.25, -0.2) is 4.98 Å². The summed E-state index contributed by atoms with van der Waals surface area (Å²) in [6.45, 7) is 6.16. The second-order valence-electron chi connectivity index (χ2n) is 4.61. The SMILES string of the molecule is Cc1cc(C)c(-c2nc(C#N)c(N)n2C)c(C)c1. The summed E-state index contributed by atoms with van der Waals surface area (Å²) < 4.78 is 1.77. The number of rotatable bonds is 1. The maximum Gasteiger partial charge on any atom is 0.183 e. The Morgan fingerprint density at radius 3 is 2.22 bits per heavy atom. The molecule has 0 aliphatic rings. The van der Waals surface area contributed by atoms with Crippen molar-refractivity contribution in [1.29, 1.82) is 5.26 Å². The van der Waals surface area contributed by atoms with E-state index in [0.29, 0.717) is 5.82 Å². The van der Waals surface area contributed by atoms with Crippen LogP contribution in [0.1, 0.15) is 22.4 Å². The number of nitrogens with two attached hydrogens (primary N) is 1. The van der Waals surface area contributed by atoms with E-state index in [0.717, 1.165) is 22.5 Å². The number of aryl methyl sites for hydroxylation is 3. The van der Waals surface area contributed by atoms with Gasteiger partial charge in [0.2, 0.25) is 0 Å². The lowest BCUT2D eigenvalue weighted by Gasteiger charge is -2.11. The van der Waals surface area contributed by atoms with Gasteiger partial charge in [0.25, 0.3) is 0 Å². The number of nitrogens with zero attached hydrogens (tertiary/aromatic N) is 3. The Hall–Kier alpha value is -2.28. The number of imidazole rings is 1. The number of nitrogen functional groups attached to an aromatic ring is 1. The Labute approximate surface area is 107 Å². The molecule has 92 valence electrons. The lowest BCUT2D eigenvalue weighted by atomic mass is 9.99. The van der Waals surface area contributed by atoms with Gasteiger partial charge < -0.3 is 10.3 Å². The van der Waals surface area contributed by atoms with Crippen molar-refractivity contribution in [2.75, 3.05) is 5.73 Å². The van der Waals surface area contributed by atoms with Crippen molar-refractivity contribution < 1.29 is 0 Å². The van der Waals surface area contributed by atoms with Crippen LogP contribution in [-0.2, 0) is 7.05 Å². The second kappa shape index (κ2) is 4.19. The van der Waals surface area contributed by atoms with E-state index in [1.54, 1.807) is 4.57 Å². The van der Waals surface area contributed by atoms with E-state index in [2.05, 4.69) is 24.0 Å². The van der Waals surface area contributed by atoms with Gasteiger partial charge in [-0.05, 0) is 31.9 Å². The summed E-state index contributed by atoms with van der Waals surface area (Å²) in [4.78, 5) is 4.33. The molecule has 0 radical (unpaired) electrons. The van der Waals surface area contributed by atoms with Crippen LogP contribution in [0.3, 0.4) is 0 Å². The fourth-order valence-corrected chi connectivity index (χ4v) is 2.35. The Morgan fingerprint density at radius 2 is 1.78 bits per heavy atom. The van der Waals surface area contributed by atoms with Crippen LogP contribution in [-0.4, -0.2) is 9.55 Å². The lowest BCUT2D eigenvalue weighted by Crippen LogP contribution is -2.01. The molecule has 0 saturated heterocycles. The highest BCUT2D eigenvalue weighted by Crippen LogP contribution is 2.29. The molecule has 1 heterocycles. The van der Waals surface area contributed by atoms with Crippen molar-refractivity contribution in [1.82, 2.24) is 9.55 Å². The third-order valence-corrected chi connectivity index (χ3v) is 3.15. The number of hydrogen-bond acceptors (Lipinski definition) is 3. The Bertz CT molecular complexity index is 636. The molecule has 0 aliphatic carbocycles. The van der Waals surface area contributed by atoms with Gasteiger partial charge in [0.15, 0.2) is 5.69 Å². The monoisotopic (exact) mass is 240 g/mol. The average molecular weight is 240 g/mol. The third-order valence-electron chi connectivity index (χ3n) is 3.15. The van der Waals surface area contributed by atoms with Gasteiger partial charge in [0.1, 0.15) is 17.7 Å². The first-order chi connectivity index (χ1) is 8.45. The molecule has 0 amide bonds. The number of benzene rings is 1. The van der Waals surface area contributed by atoms with E-state index in [4.69, 9.17) is 11.0 Å². The first kappa shape index (κ1) is 12.2. The van der Waals surface area contributed by atoms with Crippen LogP contribution >= 0.6 is 0 Å². The second-order valence-corrected chi connectivity index (χ2v) is 4.61. The van der Waals surface area contributed by atoms with Gasteiger partial charge >= 0.3 is 0 Å². The first-order valence-corrected chi connectivity index (χ1v) is 5.76. The minimum Gasteiger partial charge on any atom is -0.383 e. The molecule has 2 rings (SSSR count). The molecular weight excluding hydrogens is 224 g/mol. The van der Waals surface area contributed by atoms with Gasteiger partial charge in [-0.15, -0.1) is 0 Å². The molecular formula is C14H16N4. The van der Waals surface area contributed by atoms with Gasteiger partial charge in [-0.3, -0.25) is 0 Å². The number of anilines is 1. The highest BCUT2D eigenvalue weighted by Gasteiger charge is 2.16. The van der Waals surface area contributed by atoms with Gasteiger partial charge in [0, 0.05) is 12.6 Å². The largest absolute Gasteiger partial charge is 0.383 e. The molecule has 0 aliphatic heterocycles. The van der Waals surface area contributed by atoms with Crippen molar-refractivity contribution in [2.45, 2.75) is 20.8 Å². The topological polar surface area (TPSA) is 67.6 Å². The predicted molar refractivity (Wildman–Crippen MR) is 72.0 cm³/mol. The van der Waals surface area contributed by atoms with Crippen molar-refractivity contribution in [3.8, 4) is 17.5 Å². The van der Waals surface area contributed by atoms with E-state index < -0.39 is 0 Å². The Balaban J connectivity index is 2.75. The lowest BCUT2D eigenvalue weighted by molar-refractivity contribution is 0.933. The molecule has 18 heavy (non-hydrogen) atoms. The fraction of sp³-hybridized carbons (Fsp3) is 0.286. The highest BCUT2D eigenvalue weighted by molar-refractivity contribution is 5.69. The minimum absolute atomic E-state index is 0.284. The summed E-state index contributed by atoms with van der Waals surface area (Å²) in [5.74, 6) is 1.16. The van der Waals surface area contributed by atoms with E-state index in [-0.39, 0.29) is 5.69 Å². The standard InChI is InChI=1S/C14H16N4/c1-8-5-9(2)12(10(3)6-8)14-17-11(7-15)13(16)18(14)4/h5-6H,16H2,1-4H3. The summed E-state index contributed by atoms with van der Waals surface area (Å²) in [5, 5.41) is 8.98. The van der Waals surface area contributed by atoms with Crippen LogP contribution in [0, 0.1) is 32.1 Å². The zero-order chi connectivity index (χ0) is 13.4. The molecule has 0 fully saturated rings. The molecule has 0 spiro atoms. The van der Waals surface area contributed by atoms with Crippen LogP contribution in [0.15, 0.2) is 12.1 Å². The molecule has 1 aromatic carbocycles. The zero-order valence-corrected chi connectivity index (χ0v) is 11.1. The van der Waals surface area contributed by atoms with Crippen molar-refractivity contribution >= 4 is 5.82 Å². The fourth-order valence-electron chi connectivity index (χ4n) is 2.35. The number of aromatic nitrogens is 2. The molecule has 0 saturated carbocycles. The van der Waals surface area contributed by atoms with Crippen LogP contribution in [0.4, 0.5) is 5.82 Å². The molecule has 4 nitrogen and oxygen atoms in total. The van der Waals surface area contributed by atoms with Crippen LogP contribution in [0.25, 0.3) is 11.4 Å². The predicted octanol–water partition coefficient (Wildman–Crippen LogP) is 2.47. The summed E-state index contributed by atoms with van der Waals surface area (Å²) in [6, 6.07) is 6.24. The highest BCUT2D eigenvalue weighted by atomic mass is 15.1. The smallest absolute Gasteiger partial charge is 0.183 e. The summed E-state index contributed by atoms with van der Waals surface area (Å²) >= 11 is 0. The molecule has 0 unspecified atom stereocenters. The maximum atomic E-state index is 8.98. The van der Waals surface area contributed by atoms with Crippen LogP contribution < -0.4 is 5.73 Å². The Kier molecular flexibility index (Phi) is 2.84. The zero-order valence-electron chi connectivity index (χ0n) is 11.1. The molecule has 0 bridgehead atoms. The van der Waals surface area contributed by atoms with E-state index in [1.807, 2.05) is 27.0 Å². The van der Waals surface area contributed by atoms with Crippen molar-refractivity contribution in [2.24, 2.45) is 7.05 Å².